The van der Waals surface area contributed by atoms with Crippen molar-refractivity contribution in [3.05, 3.63) is 61.0 Å². The van der Waals surface area contributed by atoms with Gasteiger partial charge in [-0.1, -0.05) is 17.7 Å². The normalized spacial score (nSPS) is 10.4. The second kappa shape index (κ2) is 5.92. The van der Waals surface area contributed by atoms with Gasteiger partial charge in [0.25, 0.3) is 17.3 Å². The highest BCUT2D eigenvalue weighted by atomic mass is 35.5. The Kier molecular flexibility index (Phi) is 4.23. The second-order valence-corrected chi connectivity index (χ2v) is 4.76. The van der Waals surface area contributed by atoms with Gasteiger partial charge in [-0.05, 0) is 18.6 Å². The number of methoxy groups -OCH3 is 1. The summed E-state index contributed by atoms with van der Waals surface area (Å²) in [5.74, 6) is 0. The summed E-state index contributed by atoms with van der Waals surface area (Å²) in [4.78, 5) is 26.4. The van der Waals surface area contributed by atoms with Crippen molar-refractivity contribution in [2.45, 2.75) is 13.5 Å². The smallest absolute Gasteiger partial charge is 0.299 e. The molecule has 0 unspecified atom stereocenters. The lowest BCUT2D eigenvalue weighted by Crippen LogP contribution is -2.23. The summed E-state index contributed by atoms with van der Waals surface area (Å²) in [6, 6.07) is 5.88. The van der Waals surface area contributed by atoms with E-state index in [0.29, 0.717) is 11.3 Å². The molecule has 0 bridgehead atoms. The minimum atomic E-state index is -0.570. The molecule has 0 saturated carbocycles. The number of hydrogen-bond acceptors (Lipinski definition) is 5. The minimum Gasteiger partial charge on any atom is -0.468 e. The Labute approximate surface area is 124 Å². The fourth-order valence-corrected chi connectivity index (χ4v) is 2.06. The Morgan fingerprint density at radius 2 is 2.14 bits per heavy atom. The van der Waals surface area contributed by atoms with Crippen molar-refractivity contribution in [3.63, 3.8) is 0 Å². The summed E-state index contributed by atoms with van der Waals surface area (Å²) in [7, 11) is 1.40. The second-order valence-electron chi connectivity index (χ2n) is 4.35. The molecule has 0 saturated heterocycles. The number of nitro benzene ring substituents is 1. The van der Waals surface area contributed by atoms with Gasteiger partial charge >= 0.3 is 0 Å². The molecule has 0 radical (unpaired) electrons. The topological polar surface area (TPSA) is 87.3 Å². The first-order chi connectivity index (χ1) is 9.92. The van der Waals surface area contributed by atoms with Crippen LogP contribution in [0.2, 0.25) is 5.02 Å². The molecule has 21 heavy (non-hydrogen) atoms. The Morgan fingerprint density at radius 1 is 1.43 bits per heavy atom. The van der Waals surface area contributed by atoms with E-state index in [2.05, 4.69) is 4.98 Å². The lowest BCUT2D eigenvalue weighted by atomic mass is 10.2. The highest BCUT2D eigenvalue weighted by Crippen LogP contribution is 2.25. The molecule has 0 aliphatic carbocycles. The molecular weight excluding hydrogens is 298 g/mol. The van der Waals surface area contributed by atoms with Gasteiger partial charge in [-0.2, -0.15) is 0 Å². The summed E-state index contributed by atoms with van der Waals surface area (Å²) in [5.41, 5.74) is 0.588. The number of aromatic nitrogens is 2. The first-order valence-corrected chi connectivity index (χ1v) is 6.35. The first-order valence-electron chi connectivity index (χ1n) is 5.97. The zero-order chi connectivity index (χ0) is 15.6. The van der Waals surface area contributed by atoms with E-state index in [4.69, 9.17) is 16.3 Å². The Balaban J connectivity index is 2.46. The van der Waals surface area contributed by atoms with E-state index in [-0.39, 0.29) is 28.8 Å². The van der Waals surface area contributed by atoms with Crippen molar-refractivity contribution in [2.75, 3.05) is 7.11 Å². The molecule has 0 aliphatic rings. The number of nitrogens with zero attached hydrogens (tertiary/aromatic N) is 3. The van der Waals surface area contributed by atoms with Gasteiger partial charge in [0, 0.05) is 17.8 Å². The van der Waals surface area contributed by atoms with E-state index in [9.17, 15) is 14.9 Å². The van der Waals surface area contributed by atoms with Crippen LogP contribution in [0, 0.1) is 17.0 Å². The van der Waals surface area contributed by atoms with Gasteiger partial charge in [0.1, 0.15) is 5.02 Å². The van der Waals surface area contributed by atoms with Crippen molar-refractivity contribution in [3.8, 4) is 6.01 Å². The fourth-order valence-electron chi connectivity index (χ4n) is 1.87. The summed E-state index contributed by atoms with van der Waals surface area (Å²) in [5, 5.41) is 10.9. The summed E-state index contributed by atoms with van der Waals surface area (Å²) < 4.78 is 6.36. The lowest BCUT2D eigenvalue weighted by Gasteiger charge is -2.11. The molecule has 2 aromatic rings. The van der Waals surface area contributed by atoms with Crippen molar-refractivity contribution in [2.24, 2.45) is 0 Å². The van der Waals surface area contributed by atoms with E-state index in [1.54, 1.807) is 13.0 Å². The number of rotatable bonds is 4. The lowest BCUT2D eigenvalue weighted by molar-refractivity contribution is -0.384. The van der Waals surface area contributed by atoms with Crippen LogP contribution < -0.4 is 10.3 Å². The van der Waals surface area contributed by atoms with Crippen LogP contribution in [0.15, 0.2) is 29.1 Å². The van der Waals surface area contributed by atoms with Gasteiger partial charge in [-0.3, -0.25) is 19.5 Å². The van der Waals surface area contributed by atoms with Gasteiger partial charge in [0.15, 0.2) is 0 Å². The highest BCUT2D eigenvalue weighted by Gasteiger charge is 2.14. The van der Waals surface area contributed by atoms with Crippen molar-refractivity contribution >= 4 is 17.3 Å². The molecule has 8 heteroatoms. The van der Waals surface area contributed by atoms with E-state index in [1.807, 2.05) is 0 Å². The molecule has 1 aromatic carbocycles. The quantitative estimate of drug-likeness (QED) is 0.638. The van der Waals surface area contributed by atoms with E-state index in [1.165, 1.54) is 29.9 Å². The van der Waals surface area contributed by atoms with Crippen LogP contribution in [0.1, 0.15) is 11.3 Å². The molecule has 1 heterocycles. The average Bonchev–Trinajstić information content (AvgIpc) is 2.42. The van der Waals surface area contributed by atoms with E-state index >= 15 is 0 Å². The van der Waals surface area contributed by atoms with Crippen molar-refractivity contribution < 1.29 is 9.66 Å². The Morgan fingerprint density at radius 3 is 2.76 bits per heavy atom. The van der Waals surface area contributed by atoms with Gasteiger partial charge in [0.2, 0.25) is 0 Å². The van der Waals surface area contributed by atoms with Crippen molar-refractivity contribution in [1.29, 1.82) is 0 Å². The van der Waals surface area contributed by atoms with Crippen LogP contribution >= 0.6 is 11.6 Å². The van der Waals surface area contributed by atoms with Crippen LogP contribution in [0.3, 0.4) is 0 Å². The number of benzene rings is 1. The number of ether oxygens (including phenoxy) is 1. The summed E-state index contributed by atoms with van der Waals surface area (Å²) in [6.07, 6.45) is 0. The molecule has 7 nitrogen and oxygen atoms in total. The zero-order valence-electron chi connectivity index (χ0n) is 11.4. The third kappa shape index (κ3) is 3.19. The zero-order valence-corrected chi connectivity index (χ0v) is 12.1. The molecule has 2 rings (SSSR count). The van der Waals surface area contributed by atoms with Gasteiger partial charge in [-0.25, -0.2) is 4.98 Å². The third-order valence-electron chi connectivity index (χ3n) is 2.83. The predicted molar refractivity (Wildman–Crippen MR) is 77.0 cm³/mol. The number of nitro groups is 1. The van der Waals surface area contributed by atoms with Gasteiger partial charge in [-0.15, -0.1) is 0 Å². The monoisotopic (exact) mass is 309 g/mol. The molecular formula is C13H12ClN3O4. The number of hydrogen-bond donors (Lipinski definition) is 0. The SMILES string of the molecule is COc1nc(C)cc(=O)n1Cc1ccc(Cl)c([N+](=O)[O-])c1. The number of aryl methyl sites for hydroxylation is 1. The molecule has 0 aliphatic heterocycles. The molecule has 1 aromatic heterocycles. The largest absolute Gasteiger partial charge is 0.468 e. The average molecular weight is 310 g/mol. The Hall–Kier alpha value is -2.41. The first kappa shape index (κ1) is 15.0. The maximum absolute atomic E-state index is 12.0. The minimum absolute atomic E-state index is 0.0464. The van der Waals surface area contributed by atoms with E-state index in [0.717, 1.165) is 0 Å². The number of halogens is 1. The van der Waals surface area contributed by atoms with Crippen LogP contribution in [-0.4, -0.2) is 21.6 Å². The van der Waals surface area contributed by atoms with Crippen molar-refractivity contribution in [1.82, 2.24) is 9.55 Å². The van der Waals surface area contributed by atoms with Gasteiger partial charge in [0.05, 0.1) is 18.6 Å². The van der Waals surface area contributed by atoms with Crippen LogP contribution in [0.4, 0.5) is 5.69 Å². The molecule has 0 spiro atoms. The van der Waals surface area contributed by atoms with E-state index < -0.39 is 4.92 Å². The highest BCUT2D eigenvalue weighted by molar-refractivity contribution is 6.32. The molecule has 0 atom stereocenters. The molecule has 0 fully saturated rings. The maximum Gasteiger partial charge on any atom is 0.299 e. The molecule has 110 valence electrons. The maximum atomic E-state index is 12.0. The van der Waals surface area contributed by atoms with Gasteiger partial charge < -0.3 is 4.74 Å². The standard InChI is InChI=1S/C13H12ClN3O4/c1-8-5-12(18)16(13(15-8)21-2)7-9-3-4-10(14)11(6-9)17(19)20/h3-6H,7H2,1-2H3. The van der Waals surface area contributed by atoms with Crippen LogP contribution in [0.5, 0.6) is 6.01 Å². The molecule has 0 N–H and O–H groups in total. The molecule has 0 amide bonds. The van der Waals surface area contributed by atoms with Crippen LogP contribution in [-0.2, 0) is 6.54 Å². The summed E-state index contributed by atoms with van der Waals surface area (Å²) >= 11 is 5.76. The fraction of sp³-hybridized carbons (Fsp3) is 0.231. The Bertz CT molecular complexity index is 758. The van der Waals surface area contributed by atoms with Crippen LogP contribution in [0.25, 0.3) is 0 Å². The third-order valence-corrected chi connectivity index (χ3v) is 3.15. The summed E-state index contributed by atoms with van der Waals surface area (Å²) in [6.45, 7) is 1.79. The predicted octanol–water partition coefficient (Wildman–Crippen LogP) is 2.17.